The van der Waals surface area contributed by atoms with Gasteiger partial charge in [0.1, 0.15) is 17.1 Å². The molecule has 116 valence electrons. The summed E-state index contributed by atoms with van der Waals surface area (Å²) in [4.78, 5) is 27.6. The van der Waals surface area contributed by atoms with Crippen molar-refractivity contribution in [3.8, 4) is 0 Å². The van der Waals surface area contributed by atoms with E-state index < -0.39 is 6.04 Å². The van der Waals surface area contributed by atoms with E-state index in [1.165, 1.54) is 11.7 Å². The number of amides is 2. The highest BCUT2D eigenvalue weighted by Gasteiger charge is 2.30. The molecule has 1 aromatic carbocycles. The van der Waals surface area contributed by atoms with Crippen LogP contribution in [-0.2, 0) is 16.1 Å². The van der Waals surface area contributed by atoms with Crippen molar-refractivity contribution in [2.45, 2.75) is 32.4 Å². The van der Waals surface area contributed by atoms with E-state index in [9.17, 15) is 9.59 Å². The molecule has 1 fully saturated rings. The topological polar surface area (TPSA) is 66.4 Å². The number of hydrogen-bond acceptors (Lipinski definition) is 5. The maximum absolute atomic E-state index is 12.5. The maximum atomic E-state index is 12.5. The Morgan fingerprint density at radius 3 is 2.91 bits per heavy atom. The number of rotatable bonds is 4. The Hall–Kier alpha value is -2.02. The molecule has 3 rings (SSSR count). The van der Waals surface area contributed by atoms with Crippen molar-refractivity contribution in [3.63, 3.8) is 0 Å². The Balaban J connectivity index is 1.68. The van der Waals surface area contributed by atoms with E-state index in [0.717, 1.165) is 23.0 Å². The van der Waals surface area contributed by atoms with Crippen LogP contribution < -0.4 is 0 Å². The van der Waals surface area contributed by atoms with Crippen LogP contribution in [0.25, 0.3) is 11.0 Å². The standard InChI is InChI=1S/C15H18N4O2S/c1-10(19-7-3-4-14(19)20)15(21)18(2)9-11-5-6-12-13(8-11)17-22-16-12/h5-6,8,10H,3-4,7,9H2,1-2H3/t10-/m0/s1. The lowest BCUT2D eigenvalue weighted by Crippen LogP contribution is -2.46. The number of nitrogens with zero attached hydrogens (tertiary/aromatic N) is 4. The predicted molar refractivity (Wildman–Crippen MR) is 84.3 cm³/mol. The molecule has 0 N–H and O–H groups in total. The Labute approximate surface area is 133 Å². The number of aromatic nitrogens is 2. The zero-order valence-corrected chi connectivity index (χ0v) is 13.5. The van der Waals surface area contributed by atoms with Crippen LogP contribution in [0.1, 0.15) is 25.3 Å². The lowest BCUT2D eigenvalue weighted by Gasteiger charge is -2.28. The van der Waals surface area contributed by atoms with Crippen LogP contribution in [0.15, 0.2) is 18.2 Å². The molecule has 22 heavy (non-hydrogen) atoms. The SMILES string of the molecule is C[C@@H](C(=O)N(C)Cc1ccc2nsnc2c1)N1CCCC1=O. The van der Waals surface area contributed by atoms with Crippen LogP contribution in [0.2, 0.25) is 0 Å². The van der Waals surface area contributed by atoms with Crippen LogP contribution in [0.3, 0.4) is 0 Å². The average molecular weight is 318 g/mol. The summed E-state index contributed by atoms with van der Waals surface area (Å²) in [5.74, 6) is 0.0379. The number of benzene rings is 1. The fourth-order valence-corrected chi connectivity index (χ4v) is 3.33. The summed E-state index contributed by atoms with van der Waals surface area (Å²) in [7, 11) is 1.77. The molecule has 0 bridgehead atoms. The highest BCUT2D eigenvalue weighted by molar-refractivity contribution is 7.00. The highest BCUT2D eigenvalue weighted by atomic mass is 32.1. The molecule has 0 radical (unpaired) electrons. The van der Waals surface area contributed by atoms with Gasteiger partial charge in [-0.3, -0.25) is 9.59 Å². The van der Waals surface area contributed by atoms with E-state index >= 15 is 0 Å². The van der Waals surface area contributed by atoms with Crippen molar-refractivity contribution in [1.29, 1.82) is 0 Å². The third-order valence-electron chi connectivity index (χ3n) is 4.05. The predicted octanol–water partition coefficient (Wildman–Crippen LogP) is 1.66. The number of fused-ring (bicyclic) bond motifs is 1. The summed E-state index contributed by atoms with van der Waals surface area (Å²) in [5.41, 5.74) is 2.74. The molecule has 2 heterocycles. The second-order valence-electron chi connectivity index (χ2n) is 5.65. The summed E-state index contributed by atoms with van der Waals surface area (Å²) in [6.07, 6.45) is 1.39. The normalized spacial score (nSPS) is 16.3. The highest BCUT2D eigenvalue weighted by Crippen LogP contribution is 2.17. The summed E-state index contributed by atoms with van der Waals surface area (Å²) in [6.45, 7) is 2.98. The molecular weight excluding hydrogens is 300 g/mol. The van der Waals surface area contributed by atoms with E-state index in [2.05, 4.69) is 8.75 Å². The van der Waals surface area contributed by atoms with Gasteiger partial charge < -0.3 is 9.80 Å². The lowest BCUT2D eigenvalue weighted by atomic mass is 10.1. The summed E-state index contributed by atoms with van der Waals surface area (Å²) in [6, 6.07) is 5.43. The molecule has 1 saturated heterocycles. The van der Waals surface area contributed by atoms with Gasteiger partial charge in [0, 0.05) is 26.6 Å². The zero-order valence-electron chi connectivity index (χ0n) is 12.7. The van der Waals surface area contributed by atoms with Crippen LogP contribution in [0.4, 0.5) is 0 Å². The molecule has 1 aromatic heterocycles. The Morgan fingerprint density at radius 2 is 2.18 bits per heavy atom. The van der Waals surface area contributed by atoms with Gasteiger partial charge >= 0.3 is 0 Å². The largest absolute Gasteiger partial charge is 0.340 e. The van der Waals surface area contributed by atoms with Crippen LogP contribution >= 0.6 is 11.7 Å². The van der Waals surface area contributed by atoms with Gasteiger partial charge in [0.05, 0.1) is 11.7 Å². The molecule has 0 saturated carbocycles. The van der Waals surface area contributed by atoms with Crippen LogP contribution in [0, 0.1) is 0 Å². The second-order valence-corrected chi connectivity index (χ2v) is 6.18. The fourth-order valence-electron chi connectivity index (χ4n) is 2.81. The molecule has 1 aliphatic heterocycles. The van der Waals surface area contributed by atoms with Gasteiger partial charge in [-0.2, -0.15) is 8.75 Å². The van der Waals surface area contributed by atoms with E-state index in [1.54, 1.807) is 23.8 Å². The van der Waals surface area contributed by atoms with Gasteiger partial charge in [-0.1, -0.05) is 6.07 Å². The molecular formula is C15H18N4O2S. The summed E-state index contributed by atoms with van der Waals surface area (Å²) < 4.78 is 8.38. The third kappa shape index (κ3) is 2.81. The monoisotopic (exact) mass is 318 g/mol. The molecule has 1 aliphatic rings. The molecule has 0 spiro atoms. The first-order valence-corrected chi connectivity index (χ1v) is 8.05. The Bertz CT molecular complexity index is 714. The van der Waals surface area contributed by atoms with Crippen molar-refractivity contribution in [2.75, 3.05) is 13.6 Å². The van der Waals surface area contributed by atoms with Gasteiger partial charge in [-0.15, -0.1) is 0 Å². The quantitative estimate of drug-likeness (QED) is 0.860. The first-order valence-electron chi connectivity index (χ1n) is 7.32. The molecule has 0 unspecified atom stereocenters. The zero-order chi connectivity index (χ0) is 15.7. The number of likely N-dealkylation sites (tertiary alicyclic amines) is 1. The number of hydrogen-bond donors (Lipinski definition) is 0. The minimum Gasteiger partial charge on any atom is -0.340 e. The first kappa shape index (κ1) is 14.9. The van der Waals surface area contributed by atoms with Crippen molar-refractivity contribution < 1.29 is 9.59 Å². The van der Waals surface area contributed by atoms with Gasteiger partial charge in [-0.05, 0) is 31.0 Å². The van der Waals surface area contributed by atoms with Crippen molar-refractivity contribution in [1.82, 2.24) is 18.5 Å². The van der Waals surface area contributed by atoms with Gasteiger partial charge in [0.2, 0.25) is 11.8 Å². The van der Waals surface area contributed by atoms with E-state index in [1.807, 2.05) is 18.2 Å². The Morgan fingerprint density at radius 1 is 1.41 bits per heavy atom. The number of carbonyl (C=O) groups is 2. The Kier molecular flexibility index (Phi) is 4.06. The van der Waals surface area contributed by atoms with E-state index in [0.29, 0.717) is 19.5 Å². The van der Waals surface area contributed by atoms with Crippen molar-refractivity contribution in [2.24, 2.45) is 0 Å². The molecule has 6 nitrogen and oxygen atoms in total. The van der Waals surface area contributed by atoms with Gasteiger partial charge in [0.25, 0.3) is 0 Å². The fraction of sp³-hybridized carbons (Fsp3) is 0.467. The minimum atomic E-state index is -0.398. The van der Waals surface area contributed by atoms with E-state index in [4.69, 9.17) is 0 Å². The molecule has 0 aliphatic carbocycles. The minimum absolute atomic E-state index is 0.0354. The van der Waals surface area contributed by atoms with E-state index in [-0.39, 0.29) is 11.8 Å². The third-order valence-corrected chi connectivity index (χ3v) is 4.61. The van der Waals surface area contributed by atoms with Gasteiger partial charge in [0.15, 0.2) is 0 Å². The average Bonchev–Trinajstić information content (AvgIpc) is 3.13. The van der Waals surface area contributed by atoms with Crippen LogP contribution in [0.5, 0.6) is 0 Å². The van der Waals surface area contributed by atoms with Crippen molar-refractivity contribution in [3.05, 3.63) is 23.8 Å². The molecule has 2 amide bonds. The lowest BCUT2D eigenvalue weighted by molar-refractivity contribution is -0.142. The van der Waals surface area contributed by atoms with Gasteiger partial charge in [-0.25, -0.2) is 0 Å². The first-order chi connectivity index (χ1) is 10.6. The molecule has 1 atom stereocenters. The summed E-state index contributed by atoms with van der Waals surface area (Å²) >= 11 is 1.18. The van der Waals surface area contributed by atoms with Crippen LogP contribution in [-0.4, -0.2) is 50.0 Å². The second kappa shape index (κ2) is 6.00. The number of likely N-dealkylation sites (N-methyl/N-ethyl adjacent to an activating group) is 1. The molecule has 7 heteroatoms. The van der Waals surface area contributed by atoms with Crippen molar-refractivity contribution >= 4 is 34.6 Å². The summed E-state index contributed by atoms with van der Waals surface area (Å²) in [5, 5.41) is 0. The maximum Gasteiger partial charge on any atom is 0.245 e. The smallest absolute Gasteiger partial charge is 0.245 e. The number of carbonyl (C=O) groups excluding carboxylic acids is 2. The molecule has 2 aromatic rings.